The zero-order valence-corrected chi connectivity index (χ0v) is 9.42. The standard InChI is InChI=1S/C12H17N3O/c1-8-4-2-5-9(13)11(8)15-10-6-3-7-14-12(10)16/h2,4-5,10,15H,3,6-7,13H2,1H3,(H,14,16). The maximum atomic E-state index is 11.6. The number of nitrogen functional groups attached to an aromatic ring is 1. The zero-order chi connectivity index (χ0) is 11.5. The second-order valence-electron chi connectivity index (χ2n) is 4.17. The number of para-hydroxylation sites is 1. The Kier molecular flexibility index (Phi) is 2.99. The Morgan fingerprint density at radius 1 is 1.50 bits per heavy atom. The number of benzene rings is 1. The summed E-state index contributed by atoms with van der Waals surface area (Å²) < 4.78 is 0. The van der Waals surface area contributed by atoms with E-state index in [4.69, 9.17) is 5.73 Å². The maximum absolute atomic E-state index is 11.6. The van der Waals surface area contributed by atoms with Crippen LogP contribution in [0.25, 0.3) is 0 Å². The van der Waals surface area contributed by atoms with Crippen LogP contribution in [-0.4, -0.2) is 18.5 Å². The highest BCUT2D eigenvalue weighted by Gasteiger charge is 2.22. The van der Waals surface area contributed by atoms with E-state index < -0.39 is 0 Å². The van der Waals surface area contributed by atoms with Crippen LogP contribution in [0.4, 0.5) is 11.4 Å². The first kappa shape index (κ1) is 10.8. The van der Waals surface area contributed by atoms with Gasteiger partial charge in [-0.3, -0.25) is 4.79 Å². The number of hydrogen-bond acceptors (Lipinski definition) is 3. The molecule has 1 unspecified atom stereocenters. The fourth-order valence-corrected chi connectivity index (χ4v) is 1.97. The van der Waals surface area contributed by atoms with Crippen molar-refractivity contribution in [2.24, 2.45) is 0 Å². The van der Waals surface area contributed by atoms with Gasteiger partial charge in [0.25, 0.3) is 0 Å². The van der Waals surface area contributed by atoms with Gasteiger partial charge < -0.3 is 16.4 Å². The van der Waals surface area contributed by atoms with Gasteiger partial charge in [-0.15, -0.1) is 0 Å². The van der Waals surface area contributed by atoms with E-state index in [-0.39, 0.29) is 11.9 Å². The molecule has 0 aromatic heterocycles. The van der Waals surface area contributed by atoms with Gasteiger partial charge in [0.2, 0.25) is 5.91 Å². The summed E-state index contributed by atoms with van der Waals surface area (Å²) >= 11 is 0. The van der Waals surface area contributed by atoms with Crippen LogP contribution in [-0.2, 0) is 4.79 Å². The monoisotopic (exact) mass is 219 g/mol. The lowest BCUT2D eigenvalue weighted by Crippen LogP contribution is -2.44. The second kappa shape index (κ2) is 4.43. The Hall–Kier alpha value is -1.71. The molecule has 0 spiro atoms. The Bertz CT molecular complexity index is 383. The van der Waals surface area contributed by atoms with E-state index in [9.17, 15) is 4.79 Å². The van der Waals surface area contributed by atoms with Gasteiger partial charge in [-0.1, -0.05) is 12.1 Å². The molecule has 1 atom stereocenters. The van der Waals surface area contributed by atoms with Crippen LogP contribution in [0.3, 0.4) is 0 Å². The number of aryl methyl sites for hydroxylation is 1. The Morgan fingerprint density at radius 3 is 3.00 bits per heavy atom. The average molecular weight is 219 g/mol. The number of anilines is 2. The molecule has 0 bridgehead atoms. The van der Waals surface area contributed by atoms with Gasteiger partial charge in [0.1, 0.15) is 6.04 Å². The van der Waals surface area contributed by atoms with Gasteiger partial charge in [-0.25, -0.2) is 0 Å². The summed E-state index contributed by atoms with van der Waals surface area (Å²) in [5.74, 6) is 0.0638. The Balaban J connectivity index is 2.16. The van der Waals surface area contributed by atoms with Gasteiger partial charge in [0, 0.05) is 6.54 Å². The molecule has 0 saturated carbocycles. The fourth-order valence-electron chi connectivity index (χ4n) is 1.97. The quantitative estimate of drug-likeness (QED) is 0.656. The van der Waals surface area contributed by atoms with Crippen LogP contribution >= 0.6 is 0 Å². The van der Waals surface area contributed by atoms with E-state index in [1.165, 1.54) is 0 Å². The molecule has 1 aliphatic heterocycles. The van der Waals surface area contributed by atoms with Crippen LogP contribution in [0.15, 0.2) is 18.2 Å². The lowest BCUT2D eigenvalue weighted by molar-refractivity contribution is -0.123. The molecule has 86 valence electrons. The average Bonchev–Trinajstić information content (AvgIpc) is 2.26. The van der Waals surface area contributed by atoms with Gasteiger partial charge >= 0.3 is 0 Å². The summed E-state index contributed by atoms with van der Waals surface area (Å²) in [6.45, 7) is 2.76. The predicted octanol–water partition coefficient (Wildman–Crippen LogP) is 1.27. The molecule has 1 aliphatic rings. The number of amides is 1. The van der Waals surface area contributed by atoms with Crippen molar-refractivity contribution in [1.29, 1.82) is 0 Å². The molecule has 1 aromatic carbocycles. The fraction of sp³-hybridized carbons (Fsp3) is 0.417. The van der Waals surface area contributed by atoms with Crippen LogP contribution < -0.4 is 16.4 Å². The molecule has 1 heterocycles. The SMILES string of the molecule is Cc1cccc(N)c1NC1CCCNC1=O. The zero-order valence-electron chi connectivity index (χ0n) is 9.42. The van der Waals surface area contributed by atoms with Gasteiger partial charge in [-0.2, -0.15) is 0 Å². The maximum Gasteiger partial charge on any atom is 0.242 e. The molecule has 0 radical (unpaired) electrons. The molecule has 4 heteroatoms. The van der Waals surface area contributed by atoms with Crippen molar-refractivity contribution in [3.8, 4) is 0 Å². The number of piperidine rings is 1. The number of carbonyl (C=O) groups is 1. The molecule has 4 N–H and O–H groups in total. The van der Waals surface area contributed by atoms with Crippen molar-refractivity contribution in [1.82, 2.24) is 5.32 Å². The number of hydrogen-bond donors (Lipinski definition) is 3. The lowest BCUT2D eigenvalue weighted by atomic mass is 10.0. The highest BCUT2D eigenvalue weighted by atomic mass is 16.2. The minimum Gasteiger partial charge on any atom is -0.397 e. The molecule has 1 amide bonds. The van der Waals surface area contributed by atoms with E-state index in [1.54, 1.807) is 0 Å². The van der Waals surface area contributed by atoms with Crippen molar-refractivity contribution in [2.45, 2.75) is 25.8 Å². The first-order valence-corrected chi connectivity index (χ1v) is 5.58. The summed E-state index contributed by atoms with van der Waals surface area (Å²) in [6, 6.07) is 5.59. The van der Waals surface area contributed by atoms with Crippen LogP contribution in [0.1, 0.15) is 18.4 Å². The number of nitrogens with one attached hydrogen (secondary N) is 2. The lowest BCUT2D eigenvalue weighted by Gasteiger charge is -2.25. The van der Waals surface area contributed by atoms with E-state index in [1.807, 2.05) is 25.1 Å². The molecule has 4 nitrogen and oxygen atoms in total. The number of carbonyl (C=O) groups excluding carboxylic acids is 1. The molecular formula is C12H17N3O. The first-order chi connectivity index (χ1) is 7.68. The molecule has 2 rings (SSSR count). The summed E-state index contributed by atoms with van der Waals surface area (Å²) in [4.78, 5) is 11.6. The van der Waals surface area contributed by atoms with Gasteiger partial charge in [-0.05, 0) is 31.4 Å². The predicted molar refractivity (Wildman–Crippen MR) is 65.2 cm³/mol. The van der Waals surface area contributed by atoms with E-state index in [2.05, 4.69) is 10.6 Å². The van der Waals surface area contributed by atoms with Crippen molar-refractivity contribution in [2.75, 3.05) is 17.6 Å². The van der Waals surface area contributed by atoms with Crippen molar-refractivity contribution >= 4 is 17.3 Å². The summed E-state index contributed by atoms with van der Waals surface area (Å²) in [5, 5.41) is 6.08. The van der Waals surface area contributed by atoms with E-state index in [0.717, 1.165) is 30.6 Å². The van der Waals surface area contributed by atoms with Crippen LogP contribution in [0.5, 0.6) is 0 Å². The molecule has 1 aromatic rings. The largest absolute Gasteiger partial charge is 0.397 e. The normalized spacial score (nSPS) is 20.3. The number of nitrogens with two attached hydrogens (primary N) is 1. The third kappa shape index (κ3) is 2.10. The highest BCUT2D eigenvalue weighted by Crippen LogP contribution is 2.24. The Labute approximate surface area is 95.2 Å². The number of rotatable bonds is 2. The van der Waals surface area contributed by atoms with Gasteiger partial charge in [0.05, 0.1) is 11.4 Å². The van der Waals surface area contributed by atoms with Crippen molar-refractivity contribution in [3.63, 3.8) is 0 Å². The van der Waals surface area contributed by atoms with Crippen molar-refractivity contribution < 1.29 is 4.79 Å². The third-order valence-electron chi connectivity index (χ3n) is 2.91. The van der Waals surface area contributed by atoms with Crippen LogP contribution in [0, 0.1) is 6.92 Å². The topological polar surface area (TPSA) is 67.2 Å². The van der Waals surface area contributed by atoms with Crippen molar-refractivity contribution in [3.05, 3.63) is 23.8 Å². The third-order valence-corrected chi connectivity index (χ3v) is 2.91. The molecular weight excluding hydrogens is 202 g/mol. The molecule has 1 fully saturated rings. The van der Waals surface area contributed by atoms with E-state index in [0.29, 0.717) is 5.69 Å². The summed E-state index contributed by atoms with van der Waals surface area (Å²) in [6.07, 6.45) is 1.87. The van der Waals surface area contributed by atoms with Crippen LogP contribution in [0.2, 0.25) is 0 Å². The highest BCUT2D eigenvalue weighted by molar-refractivity contribution is 5.87. The minimum absolute atomic E-state index is 0.0638. The summed E-state index contributed by atoms with van der Waals surface area (Å²) in [7, 11) is 0. The second-order valence-corrected chi connectivity index (χ2v) is 4.17. The van der Waals surface area contributed by atoms with E-state index >= 15 is 0 Å². The first-order valence-electron chi connectivity index (χ1n) is 5.58. The molecule has 16 heavy (non-hydrogen) atoms. The van der Waals surface area contributed by atoms with Gasteiger partial charge in [0.15, 0.2) is 0 Å². The molecule has 0 aliphatic carbocycles. The Morgan fingerprint density at radius 2 is 2.31 bits per heavy atom. The molecule has 1 saturated heterocycles. The smallest absolute Gasteiger partial charge is 0.242 e. The summed E-state index contributed by atoms with van der Waals surface area (Å²) in [5.41, 5.74) is 8.53. The minimum atomic E-state index is -0.155.